The minimum Gasteiger partial charge on any atom is -0.495 e. The zero-order valence-electron chi connectivity index (χ0n) is 75.4. The lowest BCUT2D eigenvalue weighted by Gasteiger charge is -2.15. The summed E-state index contributed by atoms with van der Waals surface area (Å²) in [6, 6.07) is 41.0. The van der Waals surface area contributed by atoms with Gasteiger partial charge in [-0.15, -0.1) is 0 Å². The molecular weight excluding hydrogens is 1880 g/mol. The molecule has 0 radical (unpaired) electrons. The van der Waals surface area contributed by atoms with Gasteiger partial charge >= 0.3 is 6.61 Å². The number of rotatable bonds is 26. The number of nitrogens with one attached hydrogen (secondary N) is 10. The first-order chi connectivity index (χ1) is 66.8. The van der Waals surface area contributed by atoms with Gasteiger partial charge < -0.3 is 65.7 Å². The van der Waals surface area contributed by atoms with Gasteiger partial charge in [0.15, 0.2) is 0 Å². The molecule has 5 aromatic heterocycles. The Balaban J connectivity index is 0.000000125. The molecule has 139 heavy (non-hydrogen) atoms. The van der Waals surface area contributed by atoms with Crippen molar-refractivity contribution in [2.24, 2.45) is 0 Å². The van der Waals surface area contributed by atoms with Crippen LogP contribution in [0.4, 0.5) is 30.7 Å². The molecule has 10 heterocycles. The molecule has 34 heteroatoms. The number of H-pyrrole nitrogens is 5. The number of aromatic amines is 5. The van der Waals surface area contributed by atoms with Crippen molar-refractivity contribution in [3.8, 4) is 17.2 Å². The number of ether oxygens (including phenoxy) is 3. The minimum atomic E-state index is -3.01. The van der Waals surface area contributed by atoms with Crippen molar-refractivity contribution in [1.29, 1.82) is 0 Å². The Morgan fingerprint density at radius 2 is 0.554 bits per heavy atom. The van der Waals surface area contributed by atoms with Crippen LogP contribution >= 0.6 is 46.4 Å². The van der Waals surface area contributed by atoms with E-state index in [2.05, 4.69) is 56.2 Å². The predicted octanol–water partition coefficient (Wildman–Crippen LogP) is 20.1. The van der Waals surface area contributed by atoms with E-state index in [0.29, 0.717) is 153 Å². The van der Waals surface area contributed by atoms with Crippen LogP contribution in [-0.2, 0) is 24.0 Å². The van der Waals surface area contributed by atoms with Crippen LogP contribution < -0.4 is 68.6 Å². The SMILES string of the molecule is COc1cc(/C(=C\[C@H]2CCC(=O)N2)c2ccc(C3CC3)c(=O)[nH]2)ccc1Cl.COc1ccc(/C(=C\[C@H]2CCC(=O)N2)c2ccc(C3CC3)c(=O)[nH]2)cc1Cl.O=C1CC[C@H](/C=C(\c2ccc(C(F)F)c(Cl)c2)c2ccc(C3CC3)c(=O)[nH]2)N1.O=C1CC[C@H](/C=C(\c2ccc(C(F)F)c(F)c2)c2ccc(C3CC3)c(=O)[nH]2)N1.O=C1CC[C@H](/C=C(\c2ccc(Cl)c(OC(F)F)c2)c2ccc(C3CC3)c(=O)[nH]2)N1. The van der Waals surface area contributed by atoms with Gasteiger partial charge in [-0.05, 0) is 239 Å². The maximum atomic E-state index is 14.2. The number of carbonyl (C=O) groups excluding carboxylic acids is 5. The highest BCUT2D eigenvalue weighted by Gasteiger charge is 2.35. The average molecular weight is 1980 g/mol. The van der Waals surface area contributed by atoms with Crippen molar-refractivity contribution >= 4 is 104 Å². The highest BCUT2D eigenvalue weighted by atomic mass is 35.5. The molecule has 724 valence electrons. The van der Waals surface area contributed by atoms with E-state index >= 15 is 0 Å². The summed E-state index contributed by atoms with van der Waals surface area (Å²) < 4.78 is 107. The number of alkyl halides is 6. The standard InChI is InChI=1S/C21H19ClF2N2O3.C21H19ClF2N2O2.2C21H21ClN2O3.C21H19F3N2O2/c22-16-6-3-12(9-18(16)29-21(23)24)15(10-13-4-8-19(27)25-13)17-7-5-14(11-1-2-11)20(28)26-17;22-17-9-12(3-5-15(17)20(23)24)16(10-13-4-8-19(27)25-13)18-7-6-14(11-1-2-11)21(28)26-18;1-27-19-8-4-13(10-17(19)22)16(11-14-5-9-20(25)23-14)18-7-6-15(12-2-3-12)21(26)24-18;1-27-19-10-13(4-7-17(19)22)16(11-14-5-9-20(25)23-14)18-8-6-15(12-2-3-12)21(26)24-18;22-17-9-12(3-5-15(17)20(23)24)16(10-13-4-8-19(27)25-13)18-7-6-14(11-1-2-11)21(28)26-18/h3,5-7,9-11,13,21H,1-2,4,8H2,(H,25,27)(H,26,28);3,5-7,9-11,13,20H,1-2,4,8H2,(H,25,27)(H,26,28);2*4,6-8,10-12,14H,2-3,5,9H2,1H3,(H,23,25)(H,24,26);3,5-7,9-11,13,20H,1-2,4,8H2,(H,25,27)(H,26,28)/b15-10+;16-10+;2*16-11+;16-10+/t2*13-;2*14-;13-/m11111/s1. The highest BCUT2D eigenvalue weighted by Crippen LogP contribution is 2.45. The predicted molar refractivity (Wildman–Crippen MR) is 518 cm³/mol. The van der Waals surface area contributed by atoms with Crippen LogP contribution in [0.15, 0.2) is 206 Å². The quantitative estimate of drug-likeness (QED) is 0.0226. The lowest BCUT2D eigenvalue weighted by molar-refractivity contribution is -0.120. The smallest absolute Gasteiger partial charge is 0.387 e. The summed E-state index contributed by atoms with van der Waals surface area (Å²) in [5.74, 6) is 1.57. The fourth-order valence-electron chi connectivity index (χ4n) is 17.6. The van der Waals surface area contributed by atoms with Crippen LogP contribution in [0, 0.1) is 5.82 Å². The number of hydrogen-bond acceptors (Lipinski definition) is 13. The lowest BCUT2D eigenvalue weighted by atomic mass is 9.97. The Labute approximate surface area is 813 Å². The second-order valence-corrected chi connectivity index (χ2v) is 37.5. The molecule has 20 rings (SSSR count). The van der Waals surface area contributed by atoms with Crippen LogP contribution in [0.5, 0.6) is 17.2 Å². The van der Waals surface area contributed by atoms with Gasteiger partial charge in [0.05, 0.1) is 39.9 Å². The van der Waals surface area contributed by atoms with E-state index < -0.39 is 30.8 Å². The minimum absolute atomic E-state index is 0.0363. The molecule has 5 saturated heterocycles. The topological polar surface area (TPSA) is 337 Å². The van der Waals surface area contributed by atoms with Gasteiger partial charge in [0.1, 0.15) is 23.1 Å². The molecule has 23 nitrogen and oxygen atoms in total. The van der Waals surface area contributed by atoms with Gasteiger partial charge in [-0.1, -0.05) is 144 Å². The van der Waals surface area contributed by atoms with Gasteiger partial charge in [0.2, 0.25) is 29.5 Å². The van der Waals surface area contributed by atoms with E-state index in [1.807, 2.05) is 85.0 Å². The molecule has 5 saturated carbocycles. The maximum Gasteiger partial charge on any atom is 0.387 e. The van der Waals surface area contributed by atoms with Gasteiger partial charge in [-0.2, -0.15) is 8.78 Å². The van der Waals surface area contributed by atoms with Crippen LogP contribution in [0.2, 0.25) is 20.1 Å². The summed E-state index contributed by atoms with van der Waals surface area (Å²) in [5.41, 5.74) is 12.1. The first-order valence-corrected chi connectivity index (χ1v) is 47.7. The van der Waals surface area contributed by atoms with E-state index in [4.69, 9.17) is 55.9 Å². The number of hydrogen-bond donors (Lipinski definition) is 10. The van der Waals surface area contributed by atoms with Crippen molar-refractivity contribution in [1.82, 2.24) is 51.5 Å². The Bertz CT molecular complexity index is 6720. The average Bonchev–Trinajstić information content (AvgIpc) is 1.63. The fourth-order valence-corrected chi connectivity index (χ4v) is 18.5. The molecule has 5 aliphatic heterocycles. The Morgan fingerprint density at radius 3 is 0.799 bits per heavy atom. The van der Waals surface area contributed by atoms with Crippen molar-refractivity contribution in [2.75, 3.05) is 14.2 Å². The van der Waals surface area contributed by atoms with Crippen LogP contribution in [-0.4, -0.2) is 105 Å². The fraction of sp³-hybridized carbons (Fsp3) is 0.333. The first-order valence-electron chi connectivity index (χ1n) is 46.2. The monoisotopic (exact) mass is 1980 g/mol. The number of benzene rings is 5. The third-order valence-corrected chi connectivity index (χ3v) is 26.9. The number of pyridine rings is 5. The van der Waals surface area contributed by atoms with Crippen LogP contribution in [0.1, 0.15) is 266 Å². The highest BCUT2D eigenvalue weighted by molar-refractivity contribution is 6.33. The van der Waals surface area contributed by atoms with Crippen molar-refractivity contribution in [3.05, 3.63) is 355 Å². The van der Waals surface area contributed by atoms with Crippen LogP contribution in [0.25, 0.3) is 27.9 Å². The van der Waals surface area contributed by atoms with E-state index in [0.717, 1.165) is 145 Å². The summed E-state index contributed by atoms with van der Waals surface area (Å²) in [7, 11) is 3.14. The van der Waals surface area contributed by atoms with Crippen molar-refractivity contribution in [3.63, 3.8) is 0 Å². The van der Waals surface area contributed by atoms with E-state index in [1.165, 1.54) is 30.3 Å². The summed E-state index contributed by atoms with van der Waals surface area (Å²) in [6.45, 7) is -3.01. The molecule has 10 aliphatic rings. The number of aromatic nitrogens is 5. The van der Waals surface area contributed by atoms with Crippen molar-refractivity contribution in [2.45, 2.75) is 208 Å². The molecular formula is C105H99Cl4F7N10O13. The van der Waals surface area contributed by atoms with E-state index in [-0.39, 0.29) is 115 Å². The van der Waals surface area contributed by atoms with Gasteiger partial charge in [-0.3, -0.25) is 47.9 Å². The van der Waals surface area contributed by atoms with Gasteiger partial charge in [0.25, 0.3) is 40.6 Å². The molecule has 5 aliphatic carbocycles. The third kappa shape index (κ3) is 25.4. The molecule has 10 aromatic rings. The molecule has 5 aromatic carbocycles. The normalized spacial score (nSPS) is 19.8. The second-order valence-electron chi connectivity index (χ2n) is 35.9. The van der Waals surface area contributed by atoms with E-state index in [1.54, 1.807) is 68.8 Å². The third-order valence-electron chi connectivity index (χ3n) is 25.7. The number of halogens is 11. The second kappa shape index (κ2) is 44.0. The Hall–Kier alpha value is -13.0. The number of amides is 5. The maximum absolute atomic E-state index is 14.2. The summed E-state index contributed by atoms with van der Waals surface area (Å²) in [5, 5.41) is 15.5. The number of carbonyl (C=O) groups is 5. The summed E-state index contributed by atoms with van der Waals surface area (Å²) in [6.07, 6.45) is 19.7. The molecule has 5 amide bonds. The molecule has 10 N–H and O–H groups in total. The van der Waals surface area contributed by atoms with Gasteiger partial charge in [0, 0.05) is 152 Å². The summed E-state index contributed by atoms with van der Waals surface area (Å²) >= 11 is 24.5. The largest absolute Gasteiger partial charge is 0.495 e. The zero-order valence-corrected chi connectivity index (χ0v) is 78.5. The molecule has 5 atom stereocenters. The Morgan fingerprint density at radius 1 is 0.295 bits per heavy atom. The number of methoxy groups -OCH3 is 2. The van der Waals surface area contributed by atoms with E-state index in [9.17, 15) is 78.7 Å². The zero-order chi connectivity index (χ0) is 98.1. The van der Waals surface area contributed by atoms with Crippen molar-refractivity contribution < 1.29 is 68.9 Å². The van der Waals surface area contributed by atoms with Crippen LogP contribution in [0.3, 0.4) is 0 Å². The molecule has 0 unspecified atom stereocenters. The Kier molecular flexibility index (Phi) is 31.3. The molecule has 10 fully saturated rings. The molecule has 0 bridgehead atoms. The summed E-state index contributed by atoms with van der Waals surface area (Å²) in [4.78, 5) is 135. The molecule has 0 spiro atoms. The lowest BCUT2D eigenvalue weighted by Crippen LogP contribution is -2.23. The van der Waals surface area contributed by atoms with Gasteiger partial charge in [-0.25, -0.2) is 22.0 Å². The first kappa shape index (κ1) is 99.0.